The number of hydrogen-bond donors (Lipinski definition) is 0. The molecular formula is C64H52N2O2. The van der Waals surface area contributed by atoms with Crippen LogP contribution in [0, 0.1) is 0 Å². The van der Waals surface area contributed by atoms with Crippen molar-refractivity contribution in [3.05, 3.63) is 191 Å². The van der Waals surface area contributed by atoms with Gasteiger partial charge in [-0.15, -0.1) is 0 Å². The van der Waals surface area contributed by atoms with Crippen LogP contribution in [0.5, 0.6) is 0 Å². The van der Waals surface area contributed by atoms with Gasteiger partial charge in [0, 0.05) is 43.1 Å². The highest BCUT2D eigenvalue weighted by Crippen LogP contribution is 2.60. The van der Waals surface area contributed by atoms with Gasteiger partial charge in [0.1, 0.15) is 11.2 Å². The van der Waals surface area contributed by atoms with Crippen molar-refractivity contribution in [3.63, 3.8) is 0 Å². The van der Waals surface area contributed by atoms with E-state index >= 15 is 0 Å². The molecule has 0 saturated carbocycles. The molecule has 2 aromatic heterocycles. The summed E-state index contributed by atoms with van der Waals surface area (Å²) in [5, 5.41) is 12.2. The van der Waals surface area contributed by atoms with E-state index in [1.807, 2.05) is 0 Å². The minimum absolute atomic E-state index is 0.254. The van der Waals surface area contributed by atoms with E-state index in [0.29, 0.717) is 0 Å². The van der Waals surface area contributed by atoms with E-state index in [4.69, 9.17) is 8.83 Å². The molecule has 4 heterocycles. The highest BCUT2D eigenvalue weighted by molar-refractivity contribution is 6.30. The number of anilines is 6. The van der Waals surface area contributed by atoms with E-state index in [1.54, 1.807) is 0 Å². The van der Waals surface area contributed by atoms with Crippen LogP contribution in [-0.4, -0.2) is 0 Å². The molecule has 0 bridgehead atoms. The number of benzene rings is 10. The summed E-state index contributed by atoms with van der Waals surface area (Å²) in [5.41, 5.74) is 17.8. The van der Waals surface area contributed by atoms with Crippen LogP contribution in [0.25, 0.3) is 76.2 Å². The molecule has 2 aliphatic rings. The zero-order chi connectivity index (χ0) is 46.1. The number of fused-ring (bicyclic) bond motifs is 12. The molecule has 12 aromatic rings. The van der Waals surface area contributed by atoms with Crippen molar-refractivity contribution in [2.45, 2.75) is 78.1 Å². The third kappa shape index (κ3) is 5.00. The summed E-state index contributed by atoms with van der Waals surface area (Å²) < 4.78 is 14.0. The maximum atomic E-state index is 7.01. The first-order valence-corrected chi connectivity index (χ1v) is 24.4. The van der Waals surface area contributed by atoms with Crippen molar-refractivity contribution in [2.24, 2.45) is 0 Å². The van der Waals surface area contributed by atoms with Crippen molar-refractivity contribution in [3.8, 4) is 0 Å². The van der Waals surface area contributed by atoms with Crippen LogP contribution in [0.2, 0.25) is 0 Å². The van der Waals surface area contributed by atoms with Gasteiger partial charge >= 0.3 is 0 Å². The molecule has 0 radical (unpaired) electrons. The van der Waals surface area contributed by atoms with Gasteiger partial charge in [-0.05, 0) is 103 Å². The number of para-hydroxylation sites is 4. The second kappa shape index (κ2) is 13.5. The third-order valence-corrected chi connectivity index (χ3v) is 16.1. The molecule has 14 rings (SSSR count). The lowest BCUT2D eigenvalue weighted by molar-refractivity contribution is 0.624. The fraction of sp³-hybridized carbons (Fsp3) is 0.188. The van der Waals surface area contributed by atoms with Crippen molar-refractivity contribution in [1.29, 1.82) is 0 Å². The van der Waals surface area contributed by atoms with E-state index in [1.165, 1.54) is 88.4 Å². The molecule has 10 aromatic carbocycles. The highest BCUT2D eigenvalue weighted by atomic mass is 16.3. The van der Waals surface area contributed by atoms with Gasteiger partial charge in [0.15, 0.2) is 11.2 Å². The predicted molar refractivity (Wildman–Crippen MR) is 287 cm³/mol. The fourth-order valence-electron chi connectivity index (χ4n) is 12.8. The average molecular weight is 881 g/mol. The van der Waals surface area contributed by atoms with Gasteiger partial charge in [0.25, 0.3) is 0 Å². The van der Waals surface area contributed by atoms with Gasteiger partial charge in [-0.3, -0.25) is 0 Å². The Hall–Kier alpha value is -7.56. The van der Waals surface area contributed by atoms with Gasteiger partial charge < -0.3 is 18.6 Å². The maximum absolute atomic E-state index is 7.01. The molecule has 2 aliphatic heterocycles. The lowest BCUT2D eigenvalue weighted by atomic mass is 9.73. The molecule has 0 N–H and O–H groups in total. The lowest BCUT2D eigenvalue weighted by Gasteiger charge is -2.43. The Morgan fingerprint density at radius 3 is 1.15 bits per heavy atom. The molecule has 0 fully saturated rings. The minimum atomic E-state index is -0.276. The summed E-state index contributed by atoms with van der Waals surface area (Å²) in [4.78, 5) is 5.11. The Labute approximate surface area is 396 Å². The predicted octanol–water partition coefficient (Wildman–Crippen LogP) is 18.8. The molecule has 0 atom stereocenters. The largest absolute Gasteiger partial charge is 0.454 e. The molecule has 4 heteroatoms. The summed E-state index contributed by atoms with van der Waals surface area (Å²) in [6.07, 6.45) is 0. The molecule has 0 aliphatic carbocycles. The first kappa shape index (κ1) is 39.6. The SMILES string of the molecule is CC(C)c1cc(N2c3ccccc3C(C)(C)c3ccc4c(oc5ccccc54)c32)c2ccc3c(C(C)C)cc(N4c5ccccc5C(C)(C)c5ccc6c(oc7ccccc76)c54)c4ccc1c2c34. The lowest BCUT2D eigenvalue weighted by Crippen LogP contribution is -2.31. The first-order chi connectivity index (χ1) is 32.9. The van der Waals surface area contributed by atoms with Crippen molar-refractivity contribution in [2.75, 3.05) is 9.80 Å². The third-order valence-electron chi connectivity index (χ3n) is 16.1. The Balaban J connectivity index is 1.13. The second-order valence-corrected chi connectivity index (χ2v) is 21.2. The zero-order valence-electron chi connectivity index (χ0n) is 39.9. The second-order valence-electron chi connectivity index (χ2n) is 21.2. The summed E-state index contributed by atoms with van der Waals surface area (Å²) >= 11 is 0. The van der Waals surface area contributed by atoms with E-state index in [-0.39, 0.29) is 22.7 Å². The van der Waals surface area contributed by atoms with Crippen LogP contribution >= 0.6 is 0 Å². The summed E-state index contributed by atoms with van der Waals surface area (Å²) in [7, 11) is 0. The fourth-order valence-corrected chi connectivity index (χ4v) is 12.8. The molecule has 0 unspecified atom stereocenters. The van der Waals surface area contributed by atoms with Gasteiger partial charge in [-0.25, -0.2) is 0 Å². The van der Waals surface area contributed by atoms with Gasteiger partial charge in [0.2, 0.25) is 0 Å². The first-order valence-electron chi connectivity index (χ1n) is 24.4. The molecule has 330 valence electrons. The zero-order valence-corrected chi connectivity index (χ0v) is 39.9. The Kier molecular flexibility index (Phi) is 7.88. The van der Waals surface area contributed by atoms with E-state index < -0.39 is 0 Å². The van der Waals surface area contributed by atoms with Crippen LogP contribution in [0.1, 0.15) is 101 Å². The molecule has 0 spiro atoms. The van der Waals surface area contributed by atoms with Gasteiger partial charge in [-0.2, -0.15) is 0 Å². The van der Waals surface area contributed by atoms with Gasteiger partial charge in [-0.1, -0.05) is 177 Å². The van der Waals surface area contributed by atoms with Crippen LogP contribution in [0.4, 0.5) is 34.1 Å². The van der Waals surface area contributed by atoms with Crippen LogP contribution in [-0.2, 0) is 10.8 Å². The number of furan rings is 2. The smallest absolute Gasteiger partial charge is 0.159 e. The molecule has 0 amide bonds. The molecule has 0 saturated heterocycles. The van der Waals surface area contributed by atoms with Crippen LogP contribution in [0.15, 0.2) is 167 Å². The van der Waals surface area contributed by atoms with E-state index in [2.05, 4.69) is 223 Å². The minimum Gasteiger partial charge on any atom is -0.454 e. The Bertz CT molecular complexity index is 3850. The van der Waals surface area contributed by atoms with Crippen molar-refractivity contribution < 1.29 is 8.83 Å². The topological polar surface area (TPSA) is 32.8 Å². The number of hydrogen-bond acceptors (Lipinski definition) is 4. The summed E-state index contributed by atoms with van der Waals surface area (Å²) in [6, 6.07) is 59.0. The van der Waals surface area contributed by atoms with Crippen molar-refractivity contribution in [1.82, 2.24) is 0 Å². The Morgan fingerprint density at radius 2 is 0.721 bits per heavy atom. The van der Waals surface area contributed by atoms with Gasteiger partial charge in [0.05, 0.1) is 34.1 Å². The molecule has 68 heavy (non-hydrogen) atoms. The van der Waals surface area contributed by atoms with Crippen molar-refractivity contribution >= 4 is 110 Å². The summed E-state index contributed by atoms with van der Waals surface area (Å²) in [6.45, 7) is 18.9. The quantitative estimate of drug-likeness (QED) is 0.165. The highest BCUT2D eigenvalue weighted by Gasteiger charge is 2.42. The monoisotopic (exact) mass is 880 g/mol. The maximum Gasteiger partial charge on any atom is 0.159 e. The van der Waals surface area contributed by atoms with E-state index in [9.17, 15) is 0 Å². The number of nitrogens with zero attached hydrogens (tertiary/aromatic N) is 2. The average Bonchev–Trinajstić information content (AvgIpc) is 3.92. The van der Waals surface area contributed by atoms with Crippen LogP contribution < -0.4 is 9.80 Å². The Morgan fingerprint density at radius 1 is 0.353 bits per heavy atom. The van der Waals surface area contributed by atoms with E-state index in [0.717, 1.165) is 55.3 Å². The molecule has 4 nitrogen and oxygen atoms in total. The van der Waals surface area contributed by atoms with Crippen LogP contribution in [0.3, 0.4) is 0 Å². The summed E-state index contributed by atoms with van der Waals surface area (Å²) in [5.74, 6) is 0.509. The standard InChI is InChI=1S/C64H52N2O2/c1-35(2)45-33-53(65-51-21-13-11-19-47(51)63(5,6)49-31-29-41-37-17-9-15-23-55(37)67-61(41)59(49)65)43-28-26-40-46(36(3)4)34-54(44-27-25-39(45)57(43)58(40)44)66-52-22-14-12-20-48(52)64(7,8)50-32-30-42-38-18-10-16-24-56(38)68-62(42)60(50)66/h9-36H,1-8H3. The normalized spacial score (nSPS) is 15.2. The number of rotatable bonds is 4. The molecular weight excluding hydrogens is 829 g/mol.